The second-order valence-corrected chi connectivity index (χ2v) is 5.95. The second-order valence-electron chi connectivity index (χ2n) is 5.95. The number of nitrogens with one attached hydrogen (secondary N) is 3. The van der Waals surface area contributed by atoms with E-state index in [1.165, 1.54) is 18.4 Å². The Bertz CT molecular complexity index is 781. The summed E-state index contributed by atoms with van der Waals surface area (Å²) < 4.78 is 46.3. The van der Waals surface area contributed by atoms with Gasteiger partial charge in [-0.25, -0.2) is 4.99 Å². The van der Waals surface area contributed by atoms with Gasteiger partial charge in [-0.2, -0.15) is 13.2 Å². The Hall–Kier alpha value is -2.44. The van der Waals surface area contributed by atoms with E-state index in [0.29, 0.717) is 24.8 Å². The summed E-state index contributed by atoms with van der Waals surface area (Å²) in [7, 11) is 0. The smallest absolute Gasteiger partial charge is 0.422 e. The molecule has 0 fully saturated rings. The molecule has 30 heavy (non-hydrogen) atoms. The van der Waals surface area contributed by atoms with Crippen molar-refractivity contribution in [3.05, 3.63) is 54.0 Å². The fourth-order valence-electron chi connectivity index (χ4n) is 2.19. The lowest BCUT2D eigenvalue weighted by atomic mass is 10.2. The van der Waals surface area contributed by atoms with Gasteiger partial charge < -0.3 is 25.1 Å². The van der Waals surface area contributed by atoms with Gasteiger partial charge in [0, 0.05) is 6.54 Å². The van der Waals surface area contributed by atoms with Crippen LogP contribution in [0.2, 0.25) is 0 Å². The molecule has 0 aliphatic heterocycles. The molecule has 0 saturated heterocycles. The average molecular weight is 540 g/mol. The quantitative estimate of drug-likeness (QED) is 0.259. The number of aliphatic imine (C=N–C) groups is 1. The molecule has 7 nitrogen and oxygen atoms in total. The van der Waals surface area contributed by atoms with Crippen LogP contribution in [-0.4, -0.2) is 37.7 Å². The lowest BCUT2D eigenvalue weighted by Crippen LogP contribution is -2.43. The monoisotopic (exact) mass is 540 g/mol. The number of benzene rings is 1. The highest BCUT2D eigenvalue weighted by Gasteiger charge is 2.28. The number of alkyl halides is 3. The molecule has 2 aromatic rings. The fourth-order valence-corrected chi connectivity index (χ4v) is 2.19. The van der Waals surface area contributed by atoms with Crippen molar-refractivity contribution in [2.24, 2.45) is 4.99 Å². The maximum absolute atomic E-state index is 12.2. The van der Waals surface area contributed by atoms with Crippen LogP contribution in [0.3, 0.4) is 0 Å². The van der Waals surface area contributed by atoms with Crippen LogP contribution >= 0.6 is 24.0 Å². The summed E-state index contributed by atoms with van der Waals surface area (Å²) >= 11 is 0. The topological polar surface area (TPSA) is 87.9 Å². The van der Waals surface area contributed by atoms with Gasteiger partial charge in [0.25, 0.3) is 0 Å². The summed E-state index contributed by atoms with van der Waals surface area (Å²) in [6.07, 6.45) is -2.84. The molecule has 2 rings (SSSR count). The van der Waals surface area contributed by atoms with Gasteiger partial charge >= 0.3 is 6.18 Å². The Kier molecular flexibility index (Phi) is 11.1. The number of hydrogen-bond acceptors (Lipinski definition) is 4. The SMILES string of the molecule is CCNC(=NCc1ccc(OCC(F)(F)F)cc1)NCC(=O)NCc1ccco1.I. The molecule has 0 bridgehead atoms. The first-order valence-corrected chi connectivity index (χ1v) is 8.95. The predicted octanol–water partition coefficient (Wildman–Crippen LogP) is 3.21. The van der Waals surface area contributed by atoms with Crippen LogP contribution in [0.5, 0.6) is 5.75 Å². The first-order valence-electron chi connectivity index (χ1n) is 8.95. The van der Waals surface area contributed by atoms with Crippen molar-refractivity contribution in [2.75, 3.05) is 19.7 Å². The van der Waals surface area contributed by atoms with Crippen molar-refractivity contribution in [3.8, 4) is 5.75 Å². The summed E-state index contributed by atoms with van der Waals surface area (Å²) in [5.41, 5.74) is 0.781. The van der Waals surface area contributed by atoms with Gasteiger partial charge in [0.2, 0.25) is 5.91 Å². The highest BCUT2D eigenvalue weighted by atomic mass is 127. The minimum Gasteiger partial charge on any atom is -0.484 e. The molecule has 166 valence electrons. The van der Waals surface area contributed by atoms with Gasteiger partial charge in [-0.1, -0.05) is 12.1 Å². The fraction of sp³-hybridized carbons (Fsp3) is 0.368. The summed E-state index contributed by atoms with van der Waals surface area (Å²) in [5, 5.41) is 8.65. The third kappa shape index (κ3) is 10.4. The standard InChI is InChI=1S/C19H23F3N4O3.HI/c1-2-23-18(26-12-17(27)24-11-16-4-3-9-28-16)25-10-14-5-7-15(8-6-14)29-13-19(20,21)22;/h3-9H,2,10-13H2,1H3,(H,24,27)(H2,23,25,26);1H. The molecule has 0 atom stereocenters. The summed E-state index contributed by atoms with van der Waals surface area (Å²) in [6.45, 7) is 1.76. The van der Waals surface area contributed by atoms with Crippen molar-refractivity contribution in [3.63, 3.8) is 0 Å². The third-order valence-corrected chi connectivity index (χ3v) is 3.55. The van der Waals surface area contributed by atoms with Crippen molar-refractivity contribution < 1.29 is 27.1 Å². The van der Waals surface area contributed by atoms with E-state index < -0.39 is 12.8 Å². The van der Waals surface area contributed by atoms with Gasteiger partial charge in [-0.05, 0) is 36.8 Å². The van der Waals surface area contributed by atoms with E-state index >= 15 is 0 Å². The zero-order valence-electron chi connectivity index (χ0n) is 16.3. The van der Waals surface area contributed by atoms with Gasteiger partial charge in [0.05, 0.1) is 25.9 Å². The van der Waals surface area contributed by atoms with E-state index in [9.17, 15) is 18.0 Å². The number of guanidine groups is 1. The number of furan rings is 1. The van der Waals surface area contributed by atoms with Crippen molar-refractivity contribution in [2.45, 2.75) is 26.2 Å². The number of nitrogens with zero attached hydrogens (tertiary/aromatic N) is 1. The van der Waals surface area contributed by atoms with E-state index in [-0.39, 0.29) is 48.7 Å². The molecule has 0 radical (unpaired) electrons. The maximum atomic E-state index is 12.2. The van der Waals surface area contributed by atoms with E-state index in [1.807, 2.05) is 6.92 Å². The van der Waals surface area contributed by atoms with Crippen molar-refractivity contribution in [1.82, 2.24) is 16.0 Å². The maximum Gasteiger partial charge on any atom is 0.422 e. The molecule has 11 heteroatoms. The van der Waals surface area contributed by atoms with Gasteiger partial charge in [-0.15, -0.1) is 24.0 Å². The Morgan fingerprint density at radius 2 is 1.87 bits per heavy atom. The first-order chi connectivity index (χ1) is 13.9. The molecule has 1 aromatic heterocycles. The lowest BCUT2D eigenvalue weighted by Gasteiger charge is -2.12. The minimum atomic E-state index is -4.38. The van der Waals surface area contributed by atoms with Crippen LogP contribution in [0.15, 0.2) is 52.1 Å². The molecular weight excluding hydrogens is 516 g/mol. The first kappa shape index (κ1) is 25.6. The van der Waals surface area contributed by atoms with Crippen LogP contribution in [0.1, 0.15) is 18.2 Å². The molecule has 0 saturated carbocycles. The van der Waals surface area contributed by atoms with Gasteiger partial charge in [0.15, 0.2) is 12.6 Å². The molecule has 0 unspecified atom stereocenters. The Morgan fingerprint density at radius 3 is 2.47 bits per heavy atom. The number of halogens is 4. The Labute approximate surface area is 189 Å². The molecule has 1 amide bonds. The van der Waals surface area contributed by atoms with E-state index in [4.69, 9.17) is 4.42 Å². The summed E-state index contributed by atoms with van der Waals surface area (Å²) in [6, 6.07) is 9.69. The minimum absolute atomic E-state index is 0. The molecule has 3 N–H and O–H groups in total. The van der Waals surface area contributed by atoms with Crippen LogP contribution in [-0.2, 0) is 17.9 Å². The molecule has 0 spiro atoms. The van der Waals surface area contributed by atoms with E-state index in [0.717, 1.165) is 5.56 Å². The Morgan fingerprint density at radius 1 is 1.13 bits per heavy atom. The second kappa shape index (κ2) is 13.0. The molecule has 0 aliphatic carbocycles. The molecule has 0 aliphatic rings. The zero-order valence-corrected chi connectivity index (χ0v) is 18.6. The van der Waals surface area contributed by atoms with Crippen LogP contribution in [0.4, 0.5) is 13.2 Å². The molecule has 1 aromatic carbocycles. The summed E-state index contributed by atoms with van der Waals surface area (Å²) in [4.78, 5) is 16.3. The van der Waals surface area contributed by atoms with E-state index in [2.05, 4.69) is 25.7 Å². The van der Waals surface area contributed by atoms with Crippen LogP contribution in [0, 0.1) is 0 Å². The Balaban J connectivity index is 0.00000450. The summed E-state index contributed by atoms with van der Waals surface area (Å²) in [5.74, 6) is 1.01. The van der Waals surface area contributed by atoms with Gasteiger partial charge in [-0.3, -0.25) is 4.79 Å². The number of hydrogen-bond donors (Lipinski definition) is 3. The van der Waals surface area contributed by atoms with E-state index in [1.54, 1.807) is 24.3 Å². The van der Waals surface area contributed by atoms with Crippen molar-refractivity contribution >= 4 is 35.8 Å². The highest BCUT2D eigenvalue weighted by molar-refractivity contribution is 14.0. The van der Waals surface area contributed by atoms with Gasteiger partial charge in [0.1, 0.15) is 11.5 Å². The van der Waals surface area contributed by atoms with Crippen molar-refractivity contribution in [1.29, 1.82) is 0 Å². The number of ether oxygens (including phenoxy) is 1. The zero-order chi connectivity index (χ0) is 21.1. The number of carbonyl (C=O) groups is 1. The molecule has 1 heterocycles. The number of amides is 1. The van der Waals surface area contributed by atoms with Crippen LogP contribution in [0.25, 0.3) is 0 Å². The molecular formula is C19H24F3IN4O3. The third-order valence-electron chi connectivity index (χ3n) is 3.55. The predicted molar refractivity (Wildman–Crippen MR) is 117 cm³/mol. The van der Waals surface area contributed by atoms with Crippen LogP contribution < -0.4 is 20.7 Å². The highest BCUT2D eigenvalue weighted by Crippen LogP contribution is 2.19. The number of rotatable bonds is 9. The average Bonchev–Trinajstić information content (AvgIpc) is 3.21. The number of carbonyl (C=O) groups excluding carboxylic acids is 1. The lowest BCUT2D eigenvalue weighted by molar-refractivity contribution is -0.153. The largest absolute Gasteiger partial charge is 0.484 e. The normalized spacial score (nSPS) is 11.4.